The third-order valence-electron chi connectivity index (χ3n) is 2.58. The second-order valence-corrected chi connectivity index (χ2v) is 3.62. The van der Waals surface area contributed by atoms with Crippen molar-refractivity contribution in [1.82, 2.24) is 4.98 Å². The lowest BCUT2D eigenvalue weighted by Gasteiger charge is -2.07. The first-order valence-corrected chi connectivity index (χ1v) is 5.08. The van der Waals surface area contributed by atoms with Crippen molar-refractivity contribution in [2.45, 2.75) is 26.7 Å². The molecule has 0 saturated heterocycles. The van der Waals surface area contributed by atoms with Crippen LogP contribution in [0.1, 0.15) is 24.5 Å². The van der Waals surface area contributed by atoms with Crippen molar-refractivity contribution in [2.75, 3.05) is 0 Å². The van der Waals surface area contributed by atoms with Gasteiger partial charge in [-0.25, -0.2) is 4.98 Å². The van der Waals surface area contributed by atoms with Gasteiger partial charge in [0.05, 0.1) is 11.7 Å². The number of hydrogen-bond acceptors (Lipinski definition) is 1. The van der Waals surface area contributed by atoms with Crippen LogP contribution < -0.4 is 0 Å². The van der Waals surface area contributed by atoms with Crippen molar-refractivity contribution >= 4 is 10.9 Å². The Morgan fingerprint density at radius 1 is 1.29 bits per heavy atom. The van der Waals surface area contributed by atoms with Gasteiger partial charge in [0.2, 0.25) is 0 Å². The predicted octanol–water partition coefficient (Wildman–Crippen LogP) is 3.30. The lowest BCUT2D eigenvalue weighted by atomic mass is 9.99. The number of pyridine rings is 1. The average Bonchev–Trinajstić information content (AvgIpc) is 2.23. The van der Waals surface area contributed by atoms with E-state index in [4.69, 9.17) is 0 Å². The summed E-state index contributed by atoms with van der Waals surface area (Å²) in [6.07, 6.45) is 5.19. The summed E-state index contributed by atoms with van der Waals surface area (Å²) >= 11 is 0. The van der Waals surface area contributed by atoms with Crippen molar-refractivity contribution in [3.63, 3.8) is 0 Å². The van der Waals surface area contributed by atoms with Gasteiger partial charge in [-0.3, -0.25) is 0 Å². The van der Waals surface area contributed by atoms with E-state index < -0.39 is 0 Å². The largest absolute Gasteiger partial charge is 0.246 e. The zero-order chi connectivity index (χ0) is 9.97. The smallest absolute Gasteiger partial charge is 0.0894 e. The molecule has 1 aromatic carbocycles. The van der Waals surface area contributed by atoms with Crippen molar-refractivity contribution < 1.29 is 0 Å². The van der Waals surface area contributed by atoms with Crippen LogP contribution in [-0.2, 0) is 6.42 Å². The molecule has 1 heterocycles. The summed E-state index contributed by atoms with van der Waals surface area (Å²) in [5.41, 5.74) is 3.86. The molecule has 14 heavy (non-hydrogen) atoms. The van der Waals surface area contributed by atoms with Gasteiger partial charge in [0, 0.05) is 5.39 Å². The molecule has 0 spiro atoms. The first-order chi connectivity index (χ1) is 6.83. The highest BCUT2D eigenvalue weighted by Gasteiger charge is 2.03. The van der Waals surface area contributed by atoms with Crippen LogP contribution in [0.25, 0.3) is 10.9 Å². The molecule has 1 heteroatoms. The molecule has 71 valence electrons. The lowest BCUT2D eigenvalue weighted by molar-refractivity contribution is 0.920. The molecular formula is C13H14N. The highest BCUT2D eigenvalue weighted by atomic mass is 14.6. The van der Waals surface area contributed by atoms with Crippen LogP contribution in [0.15, 0.2) is 24.3 Å². The molecule has 0 atom stereocenters. The van der Waals surface area contributed by atoms with Crippen LogP contribution in [-0.4, -0.2) is 4.98 Å². The molecule has 0 unspecified atom stereocenters. The Morgan fingerprint density at radius 2 is 2.14 bits per heavy atom. The Balaban J connectivity index is 2.69. The molecule has 0 aliphatic carbocycles. The molecule has 2 rings (SSSR count). The van der Waals surface area contributed by atoms with Gasteiger partial charge in [-0.1, -0.05) is 25.5 Å². The summed E-state index contributed by atoms with van der Waals surface area (Å²) in [5, 5.41) is 1.28. The van der Waals surface area contributed by atoms with E-state index in [1.54, 1.807) is 0 Å². The Morgan fingerprint density at radius 3 is 2.93 bits per heavy atom. The minimum Gasteiger partial charge on any atom is -0.246 e. The molecule has 0 bridgehead atoms. The van der Waals surface area contributed by atoms with Gasteiger partial charge in [0.15, 0.2) is 0 Å². The Bertz CT molecular complexity index is 446. The topological polar surface area (TPSA) is 12.9 Å². The molecule has 1 nitrogen and oxygen atoms in total. The molecule has 1 aromatic heterocycles. The monoisotopic (exact) mass is 184 g/mol. The van der Waals surface area contributed by atoms with Crippen molar-refractivity contribution in [1.29, 1.82) is 0 Å². The van der Waals surface area contributed by atoms with E-state index in [9.17, 15) is 0 Å². The fourth-order valence-electron chi connectivity index (χ4n) is 1.85. The quantitative estimate of drug-likeness (QED) is 0.697. The summed E-state index contributed by atoms with van der Waals surface area (Å²) in [4.78, 5) is 4.24. The number of aromatic nitrogens is 1. The van der Waals surface area contributed by atoms with E-state index in [-0.39, 0.29) is 0 Å². The summed E-state index contributed by atoms with van der Waals surface area (Å²) in [6, 6.07) is 8.22. The molecule has 0 saturated carbocycles. The number of rotatable bonds is 2. The molecule has 1 radical (unpaired) electrons. The molecule has 0 aliphatic rings. The minimum atomic E-state index is 1.06. The SMILES string of the molecule is CCCc1c(C)ccc2n[c]ccc12. The maximum atomic E-state index is 4.24. The maximum absolute atomic E-state index is 4.24. The Kier molecular flexibility index (Phi) is 2.49. The molecule has 0 amide bonds. The van der Waals surface area contributed by atoms with Crippen molar-refractivity contribution in [2.24, 2.45) is 0 Å². The van der Waals surface area contributed by atoms with E-state index in [2.05, 4.69) is 43.2 Å². The maximum Gasteiger partial charge on any atom is 0.0894 e. The van der Waals surface area contributed by atoms with Gasteiger partial charge in [-0.05, 0) is 36.6 Å². The van der Waals surface area contributed by atoms with Crippen LogP contribution in [0.3, 0.4) is 0 Å². The summed E-state index contributed by atoms with van der Waals surface area (Å²) < 4.78 is 0. The van der Waals surface area contributed by atoms with Gasteiger partial charge >= 0.3 is 0 Å². The number of fused-ring (bicyclic) bond motifs is 1. The van der Waals surface area contributed by atoms with Crippen LogP contribution in [0.2, 0.25) is 0 Å². The second-order valence-electron chi connectivity index (χ2n) is 3.62. The van der Waals surface area contributed by atoms with E-state index in [0.29, 0.717) is 0 Å². The minimum absolute atomic E-state index is 1.06. The highest BCUT2D eigenvalue weighted by molar-refractivity contribution is 5.83. The molecule has 2 aromatic rings. The zero-order valence-corrected chi connectivity index (χ0v) is 8.67. The van der Waals surface area contributed by atoms with Gasteiger partial charge in [0.25, 0.3) is 0 Å². The van der Waals surface area contributed by atoms with Crippen LogP contribution >= 0.6 is 0 Å². The van der Waals surface area contributed by atoms with Crippen molar-refractivity contribution in [3.05, 3.63) is 41.6 Å². The fraction of sp³-hybridized carbons (Fsp3) is 0.308. The molecular weight excluding hydrogens is 170 g/mol. The van der Waals surface area contributed by atoms with E-state index in [1.807, 2.05) is 6.07 Å². The molecule has 0 fully saturated rings. The first-order valence-electron chi connectivity index (χ1n) is 5.08. The van der Waals surface area contributed by atoms with Gasteiger partial charge in [-0.15, -0.1) is 0 Å². The third kappa shape index (κ3) is 1.50. The van der Waals surface area contributed by atoms with Gasteiger partial charge in [-0.2, -0.15) is 0 Å². The Hall–Kier alpha value is -1.37. The standard InChI is InChI=1S/C13H14N/c1-3-5-11-10(2)7-8-13-12(11)6-4-9-14-13/h4,6-8H,3,5H2,1-2H3. The molecule has 0 aliphatic heterocycles. The zero-order valence-electron chi connectivity index (χ0n) is 8.67. The predicted molar refractivity (Wildman–Crippen MR) is 59.3 cm³/mol. The van der Waals surface area contributed by atoms with Crippen LogP contribution in [0, 0.1) is 13.1 Å². The number of aryl methyl sites for hydroxylation is 2. The highest BCUT2D eigenvalue weighted by Crippen LogP contribution is 2.21. The lowest BCUT2D eigenvalue weighted by Crippen LogP contribution is -1.91. The number of nitrogens with zero attached hydrogens (tertiary/aromatic N) is 1. The average molecular weight is 184 g/mol. The van der Waals surface area contributed by atoms with Gasteiger partial charge in [0.1, 0.15) is 0 Å². The fourth-order valence-corrected chi connectivity index (χ4v) is 1.85. The van der Waals surface area contributed by atoms with E-state index in [0.717, 1.165) is 11.9 Å². The van der Waals surface area contributed by atoms with Crippen LogP contribution in [0.4, 0.5) is 0 Å². The second kappa shape index (κ2) is 3.79. The third-order valence-corrected chi connectivity index (χ3v) is 2.58. The van der Waals surface area contributed by atoms with Crippen molar-refractivity contribution in [3.8, 4) is 0 Å². The van der Waals surface area contributed by atoms with Crippen LogP contribution in [0.5, 0.6) is 0 Å². The normalized spacial score (nSPS) is 10.7. The first kappa shape index (κ1) is 9.20. The molecule has 0 N–H and O–H groups in total. The summed E-state index contributed by atoms with van der Waals surface area (Å²) in [5.74, 6) is 0. The summed E-state index contributed by atoms with van der Waals surface area (Å²) in [7, 11) is 0. The van der Waals surface area contributed by atoms with E-state index >= 15 is 0 Å². The summed E-state index contributed by atoms with van der Waals surface area (Å²) in [6.45, 7) is 4.38. The van der Waals surface area contributed by atoms with Gasteiger partial charge < -0.3 is 0 Å². The number of hydrogen-bond donors (Lipinski definition) is 0. The number of benzene rings is 1. The Labute approximate surface area is 84.8 Å². The van der Waals surface area contributed by atoms with E-state index in [1.165, 1.54) is 22.9 Å².